The van der Waals surface area contributed by atoms with Gasteiger partial charge in [-0.3, -0.25) is 0 Å². The third-order valence-electron chi connectivity index (χ3n) is 3.37. The zero-order valence-electron chi connectivity index (χ0n) is 11.5. The molecule has 3 aromatic rings. The van der Waals surface area contributed by atoms with E-state index in [0.29, 0.717) is 22.2 Å². The van der Waals surface area contributed by atoms with E-state index in [9.17, 15) is 18.0 Å². The second kappa shape index (κ2) is 5.35. The Labute approximate surface area is 128 Å². The van der Waals surface area contributed by atoms with Gasteiger partial charge in [-0.05, 0) is 30.3 Å². The van der Waals surface area contributed by atoms with Crippen LogP contribution in [0.1, 0.15) is 15.9 Å². The lowest BCUT2D eigenvalue weighted by molar-refractivity contribution is -0.137. The Balaban J connectivity index is 2.15. The molecule has 0 radical (unpaired) electrons. The van der Waals surface area contributed by atoms with Crippen LogP contribution >= 0.6 is 0 Å². The van der Waals surface area contributed by atoms with Crippen LogP contribution in [-0.4, -0.2) is 21.0 Å². The smallest absolute Gasteiger partial charge is 0.416 e. The number of fused-ring (bicyclic) bond motifs is 1. The average molecular weight is 318 g/mol. The highest BCUT2D eigenvalue weighted by Crippen LogP contribution is 2.32. The maximum Gasteiger partial charge on any atom is 0.416 e. The van der Waals surface area contributed by atoms with Crippen molar-refractivity contribution in [2.75, 3.05) is 0 Å². The molecule has 23 heavy (non-hydrogen) atoms. The molecule has 0 unspecified atom stereocenters. The molecule has 0 saturated carbocycles. The lowest BCUT2D eigenvalue weighted by Gasteiger charge is -2.09. The van der Waals surface area contributed by atoms with Crippen molar-refractivity contribution >= 4 is 16.9 Å². The summed E-state index contributed by atoms with van der Waals surface area (Å²) >= 11 is 0. The molecule has 0 aliphatic carbocycles. The SMILES string of the molecule is O=C(O)c1ccc2ncnc(-c3ccc(C(F)(F)F)cc3)c2c1. The number of aromatic nitrogens is 2. The number of rotatable bonds is 2. The second-order valence-electron chi connectivity index (χ2n) is 4.83. The molecule has 7 heteroatoms. The Hall–Kier alpha value is -2.96. The molecule has 1 N–H and O–H groups in total. The van der Waals surface area contributed by atoms with Crippen LogP contribution in [-0.2, 0) is 6.18 Å². The van der Waals surface area contributed by atoms with E-state index >= 15 is 0 Å². The summed E-state index contributed by atoms with van der Waals surface area (Å²) in [4.78, 5) is 19.2. The number of halogens is 3. The first kappa shape index (κ1) is 15.0. The van der Waals surface area contributed by atoms with Gasteiger partial charge in [0.15, 0.2) is 0 Å². The molecule has 2 aromatic carbocycles. The third-order valence-corrected chi connectivity index (χ3v) is 3.37. The first-order chi connectivity index (χ1) is 10.9. The Bertz CT molecular complexity index is 890. The normalized spacial score (nSPS) is 11.6. The fourth-order valence-corrected chi connectivity index (χ4v) is 2.24. The van der Waals surface area contributed by atoms with Gasteiger partial charge in [0.1, 0.15) is 6.33 Å². The van der Waals surface area contributed by atoms with Gasteiger partial charge >= 0.3 is 12.1 Å². The Kier molecular flexibility index (Phi) is 3.48. The van der Waals surface area contributed by atoms with Crippen molar-refractivity contribution in [3.63, 3.8) is 0 Å². The van der Waals surface area contributed by atoms with Crippen molar-refractivity contribution in [2.24, 2.45) is 0 Å². The van der Waals surface area contributed by atoms with Crippen LogP contribution in [0.5, 0.6) is 0 Å². The van der Waals surface area contributed by atoms with E-state index in [4.69, 9.17) is 5.11 Å². The quantitative estimate of drug-likeness (QED) is 0.775. The molecule has 1 aromatic heterocycles. The van der Waals surface area contributed by atoms with E-state index in [0.717, 1.165) is 12.1 Å². The van der Waals surface area contributed by atoms with Gasteiger partial charge in [0.05, 0.1) is 22.3 Å². The van der Waals surface area contributed by atoms with Gasteiger partial charge in [0, 0.05) is 10.9 Å². The van der Waals surface area contributed by atoms with Gasteiger partial charge < -0.3 is 5.11 Å². The van der Waals surface area contributed by atoms with E-state index < -0.39 is 17.7 Å². The van der Waals surface area contributed by atoms with E-state index in [-0.39, 0.29) is 5.56 Å². The molecule has 0 aliphatic rings. The maximum absolute atomic E-state index is 12.6. The fourth-order valence-electron chi connectivity index (χ4n) is 2.24. The summed E-state index contributed by atoms with van der Waals surface area (Å²) < 4.78 is 37.9. The fraction of sp³-hybridized carbons (Fsp3) is 0.0625. The maximum atomic E-state index is 12.6. The number of nitrogens with zero attached hydrogens (tertiary/aromatic N) is 2. The van der Waals surface area contributed by atoms with Gasteiger partial charge in [-0.1, -0.05) is 12.1 Å². The Morgan fingerprint density at radius 2 is 1.70 bits per heavy atom. The molecular weight excluding hydrogens is 309 g/mol. The Morgan fingerprint density at radius 1 is 1.00 bits per heavy atom. The van der Waals surface area contributed by atoms with Crippen LogP contribution < -0.4 is 0 Å². The average Bonchev–Trinajstić information content (AvgIpc) is 2.53. The molecule has 1 heterocycles. The van der Waals surface area contributed by atoms with Gasteiger partial charge in [0.2, 0.25) is 0 Å². The minimum absolute atomic E-state index is 0.0560. The number of carboxylic acid groups (broad SMARTS) is 1. The minimum Gasteiger partial charge on any atom is -0.478 e. The van der Waals surface area contributed by atoms with E-state index in [2.05, 4.69) is 9.97 Å². The summed E-state index contributed by atoms with van der Waals surface area (Å²) in [5.41, 5.74) is 0.644. The van der Waals surface area contributed by atoms with Crippen LogP contribution in [0.2, 0.25) is 0 Å². The predicted octanol–water partition coefficient (Wildman–Crippen LogP) is 4.01. The van der Waals surface area contributed by atoms with Crippen LogP contribution in [0.15, 0.2) is 48.8 Å². The first-order valence-corrected chi connectivity index (χ1v) is 6.52. The largest absolute Gasteiger partial charge is 0.478 e. The number of aromatic carboxylic acids is 1. The number of carboxylic acids is 1. The van der Waals surface area contributed by atoms with E-state index in [1.54, 1.807) is 0 Å². The predicted molar refractivity (Wildman–Crippen MR) is 76.9 cm³/mol. The molecule has 0 bridgehead atoms. The Morgan fingerprint density at radius 3 is 2.30 bits per heavy atom. The van der Waals surface area contributed by atoms with Gasteiger partial charge in [0.25, 0.3) is 0 Å². The second-order valence-corrected chi connectivity index (χ2v) is 4.83. The summed E-state index contributed by atoms with van der Waals surface area (Å²) in [5.74, 6) is -1.10. The first-order valence-electron chi connectivity index (χ1n) is 6.52. The molecule has 0 saturated heterocycles. The van der Waals surface area contributed by atoms with Gasteiger partial charge in [-0.25, -0.2) is 14.8 Å². The number of benzene rings is 2. The molecule has 4 nitrogen and oxygen atoms in total. The van der Waals surface area contributed by atoms with Crippen LogP contribution in [0.3, 0.4) is 0 Å². The topological polar surface area (TPSA) is 63.1 Å². The summed E-state index contributed by atoms with van der Waals surface area (Å²) in [7, 11) is 0. The van der Waals surface area contributed by atoms with Gasteiger partial charge in [-0.2, -0.15) is 13.2 Å². The highest BCUT2D eigenvalue weighted by Gasteiger charge is 2.30. The van der Waals surface area contributed by atoms with E-state index in [1.807, 2.05) is 0 Å². The van der Waals surface area contributed by atoms with Crippen molar-refractivity contribution in [2.45, 2.75) is 6.18 Å². The molecule has 0 aliphatic heterocycles. The van der Waals surface area contributed by atoms with Crippen LogP contribution in [0.4, 0.5) is 13.2 Å². The summed E-state index contributed by atoms with van der Waals surface area (Å²) in [6.45, 7) is 0. The van der Waals surface area contributed by atoms with Gasteiger partial charge in [-0.15, -0.1) is 0 Å². The highest BCUT2D eigenvalue weighted by atomic mass is 19.4. The lowest BCUT2D eigenvalue weighted by atomic mass is 10.0. The van der Waals surface area contributed by atoms with Crippen molar-refractivity contribution in [1.29, 1.82) is 0 Å². The standard InChI is InChI=1S/C16H9F3N2O2/c17-16(18,19)11-4-1-9(2-5-11)14-12-7-10(15(22)23)3-6-13(12)20-8-21-14/h1-8H,(H,22,23). The molecule has 3 rings (SSSR count). The van der Waals surface area contributed by atoms with Crippen molar-refractivity contribution in [1.82, 2.24) is 9.97 Å². The number of hydrogen-bond acceptors (Lipinski definition) is 3. The number of hydrogen-bond donors (Lipinski definition) is 1. The molecule has 0 amide bonds. The third kappa shape index (κ3) is 2.85. The molecule has 0 spiro atoms. The summed E-state index contributed by atoms with van der Waals surface area (Å²) in [6.07, 6.45) is -3.13. The molecular formula is C16H9F3N2O2. The van der Waals surface area contributed by atoms with E-state index in [1.165, 1.54) is 36.7 Å². The summed E-state index contributed by atoms with van der Waals surface area (Å²) in [5, 5.41) is 9.53. The monoisotopic (exact) mass is 318 g/mol. The van der Waals surface area contributed by atoms with Crippen LogP contribution in [0.25, 0.3) is 22.2 Å². The van der Waals surface area contributed by atoms with Crippen LogP contribution in [0, 0.1) is 0 Å². The van der Waals surface area contributed by atoms with Crippen molar-refractivity contribution in [3.8, 4) is 11.3 Å². The number of carbonyl (C=O) groups is 1. The molecule has 0 fully saturated rings. The van der Waals surface area contributed by atoms with Crippen molar-refractivity contribution < 1.29 is 23.1 Å². The number of alkyl halides is 3. The van der Waals surface area contributed by atoms with Crippen molar-refractivity contribution in [3.05, 3.63) is 59.9 Å². The molecule has 116 valence electrons. The zero-order valence-corrected chi connectivity index (χ0v) is 11.5. The summed E-state index contributed by atoms with van der Waals surface area (Å²) in [6, 6.07) is 8.89. The lowest BCUT2D eigenvalue weighted by Crippen LogP contribution is -2.04. The zero-order chi connectivity index (χ0) is 16.6. The molecule has 0 atom stereocenters. The minimum atomic E-state index is -4.41. The highest BCUT2D eigenvalue weighted by molar-refractivity contribution is 5.98.